The van der Waals surface area contributed by atoms with Crippen molar-refractivity contribution >= 4 is 33.4 Å². The first-order chi connectivity index (χ1) is 13.8. The SMILES string of the molecule is CCn1c(SCC(=O)Nc2ccc(S(N)(=O)=O)cc2)nnc1-c1cccc(C)c1. The van der Waals surface area contributed by atoms with E-state index in [1.54, 1.807) is 0 Å². The minimum Gasteiger partial charge on any atom is -0.325 e. The number of sulfonamides is 1. The van der Waals surface area contributed by atoms with Crippen molar-refractivity contribution in [1.29, 1.82) is 0 Å². The molecule has 0 spiro atoms. The Labute approximate surface area is 173 Å². The highest BCUT2D eigenvalue weighted by Gasteiger charge is 2.15. The molecule has 8 nitrogen and oxygen atoms in total. The highest BCUT2D eigenvalue weighted by atomic mass is 32.2. The van der Waals surface area contributed by atoms with E-state index in [-0.39, 0.29) is 16.6 Å². The minimum atomic E-state index is -3.76. The third-order valence-electron chi connectivity index (χ3n) is 4.11. The number of aromatic nitrogens is 3. The molecule has 0 saturated carbocycles. The maximum Gasteiger partial charge on any atom is 0.238 e. The molecular weight excluding hydrogens is 410 g/mol. The van der Waals surface area contributed by atoms with Gasteiger partial charge in [-0.3, -0.25) is 4.79 Å². The van der Waals surface area contributed by atoms with Gasteiger partial charge in [0.15, 0.2) is 11.0 Å². The Bertz CT molecular complexity index is 1130. The number of nitrogens with one attached hydrogen (secondary N) is 1. The zero-order valence-electron chi connectivity index (χ0n) is 16.0. The molecule has 3 N–H and O–H groups in total. The number of carbonyl (C=O) groups is 1. The molecule has 0 atom stereocenters. The lowest BCUT2D eigenvalue weighted by atomic mass is 10.1. The van der Waals surface area contributed by atoms with Crippen LogP contribution >= 0.6 is 11.8 Å². The summed E-state index contributed by atoms with van der Waals surface area (Å²) in [7, 11) is -3.76. The lowest BCUT2D eigenvalue weighted by Crippen LogP contribution is -2.15. The highest BCUT2D eigenvalue weighted by molar-refractivity contribution is 7.99. The first-order valence-electron chi connectivity index (χ1n) is 8.83. The Morgan fingerprint density at radius 1 is 1.17 bits per heavy atom. The first kappa shape index (κ1) is 21.0. The molecule has 0 aliphatic rings. The van der Waals surface area contributed by atoms with Crippen molar-refractivity contribution in [2.24, 2.45) is 5.14 Å². The Balaban J connectivity index is 1.66. The number of benzene rings is 2. The zero-order chi connectivity index (χ0) is 21.0. The van der Waals surface area contributed by atoms with Gasteiger partial charge in [0.25, 0.3) is 0 Å². The predicted molar refractivity (Wildman–Crippen MR) is 113 cm³/mol. The Hall–Kier alpha value is -2.69. The van der Waals surface area contributed by atoms with Gasteiger partial charge in [-0.25, -0.2) is 13.6 Å². The number of carbonyl (C=O) groups excluding carboxylic acids is 1. The summed E-state index contributed by atoms with van der Waals surface area (Å²) in [6, 6.07) is 13.7. The summed E-state index contributed by atoms with van der Waals surface area (Å²) in [6.07, 6.45) is 0. The number of aryl methyl sites for hydroxylation is 1. The van der Waals surface area contributed by atoms with Crippen molar-refractivity contribution in [2.45, 2.75) is 30.4 Å². The topological polar surface area (TPSA) is 120 Å². The van der Waals surface area contributed by atoms with E-state index >= 15 is 0 Å². The second-order valence-electron chi connectivity index (χ2n) is 6.33. The molecular formula is C19H21N5O3S2. The quantitative estimate of drug-likeness (QED) is 0.555. The third-order valence-corrected chi connectivity index (χ3v) is 6.00. The summed E-state index contributed by atoms with van der Waals surface area (Å²) < 4.78 is 24.5. The van der Waals surface area contributed by atoms with Crippen LogP contribution in [0.4, 0.5) is 5.69 Å². The van der Waals surface area contributed by atoms with Gasteiger partial charge in [-0.1, -0.05) is 35.5 Å². The van der Waals surface area contributed by atoms with Crippen LogP contribution in [0.25, 0.3) is 11.4 Å². The number of hydrogen-bond acceptors (Lipinski definition) is 6. The first-order valence-corrected chi connectivity index (χ1v) is 11.4. The number of thioether (sulfide) groups is 1. The minimum absolute atomic E-state index is 0.00963. The molecule has 0 bridgehead atoms. The van der Waals surface area contributed by atoms with E-state index in [0.29, 0.717) is 17.4 Å². The molecule has 1 aromatic heterocycles. The number of rotatable bonds is 7. The molecule has 0 aliphatic carbocycles. The number of hydrogen-bond donors (Lipinski definition) is 2. The molecule has 29 heavy (non-hydrogen) atoms. The fourth-order valence-electron chi connectivity index (χ4n) is 2.73. The van der Waals surface area contributed by atoms with Gasteiger partial charge in [0.1, 0.15) is 0 Å². The summed E-state index contributed by atoms with van der Waals surface area (Å²) >= 11 is 1.29. The summed E-state index contributed by atoms with van der Waals surface area (Å²) in [6.45, 7) is 4.70. The van der Waals surface area contributed by atoms with Crippen molar-refractivity contribution in [3.8, 4) is 11.4 Å². The summed E-state index contributed by atoms with van der Waals surface area (Å²) in [5.74, 6) is 0.668. The molecule has 0 unspecified atom stereocenters. The molecule has 0 aliphatic heterocycles. The number of nitrogens with zero attached hydrogens (tertiary/aromatic N) is 3. The largest absolute Gasteiger partial charge is 0.325 e. The molecule has 0 radical (unpaired) electrons. The van der Waals surface area contributed by atoms with Crippen LogP contribution in [0.15, 0.2) is 58.6 Å². The van der Waals surface area contributed by atoms with Crippen molar-refractivity contribution in [1.82, 2.24) is 14.8 Å². The number of primary sulfonamides is 1. The second-order valence-corrected chi connectivity index (χ2v) is 8.83. The van der Waals surface area contributed by atoms with Crippen LogP contribution in [0.5, 0.6) is 0 Å². The molecule has 10 heteroatoms. The number of nitrogens with two attached hydrogens (primary N) is 1. The van der Waals surface area contributed by atoms with Crippen LogP contribution in [0.2, 0.25) is 0 Å². The lowest BCUT2D eigenvalue weighted by molar-refractivity contribution is -0.113. The van der Waals surface area contributed by atoms with Gasteiger partial charge in [0.05, 0.1) is 10.6 Å². The molecule has 0 saturated heterocycles. The normalized spacial score (nSPS) is 11.4. The maximum atomic E-state index is 12.3. The van der Waals surface area contributed by atoms with Gasteiger partial charge >= 0.3 is 0 Å². The van der Waals surface area contributed by atoms with Crippen molar-refractivity contribution < 1.29 is 13.2 Å². The Kier molecular flexibility index (Phi) is 6.36. The monoisotopic (exact) mass is 431 g/mol. The Morgan fingerprint density at radius 3 is 2.52 bits per heavy atom. The number of amides is 1. The van der Waals surface area contributed by atoms with E-state index in [0.717, 1.165) is 17.0 Å². The average Bonchev–Trinajstić information content (AvgIpc) is 3.09. The lowest BCUT2D eigenvalue weighted by Gasteiger charge is -2.08. The molecule has 1 amide bonds. The van der Waals surface area contributed by atoms with Crippen LogP contribution < -0.4 is 10.5 Å². The summed E-state index contributed by atoms with van der Waals surface area (Å²) in [5, 5.41) is 17.0. The van der Waals surface area contributed by atoms with E-state index in [1.165, 1.54) is 36.0 Å². The van der Waals surface area contributed by atoms with Gasteiger partial charge in [-0.15, -0.1) is 10.2 Å². The molecule has 2 aromatic carbocycles. The van der Waals surface area contributed by atoms with Crippen LogP contribution in [-0.4, -0.2) is 34.8 Å². The number of anilines is 1. The maximum absolute atomic E-state index is 12.3. The molecule has 3 aromatic rings. The fraction of sp³-hybridized carbons (Fsp3) is 0.211. The Morgan fingerprint density at radius 2 is 1.90 bits per heavy atom. The fourth-order valence-corrected chi connectivity index (χ4v) is 4.05. The van der Waals surface area contributed by atoms with Gasteiger partial charge < -0.3 is 9.88 Å². The molecule has 152 valence electrons. The van der Waals surface area contributed by atoms with Gasteiger partial charge in [0, 0.05) is 17.8 Å². The van der Waals surface area contributed by atoms with Crippen molar-refractivity contribution in [3.63, 3.8) is 0 Å². The predicted octanol–water partition coefficient (Wildman–Crippen LogP) is 2.65. The van der Waals surface area contributed by atoms with E-state index in [4.69, 9.17) is 5.14 Å². The van der Waals surface area contributed by atoms with E-state index in [1.807, 2.05) is 42.7 Å². The van der Waals surface area contributed by atoms with E-state index in [2.05, 4.69) is 15.5 Å². The van der Waals surface area contributed by atoms with Crippen molar-refractivity contribution in [2.75, 3.05) is 11.1 Å². The molecule has 1 heterocycles. The zero-order valence-corrected chi connectivity index (χ0v) is 17.6. The second kappa shape index (κ2) is 8.76. The van der Waals surface area contributed by atoms with Crippen LogP contribution in [0.1, 0.15) is 12.5 Å². The van der Waals surface area contributed by atoms with Gasteiger partial charge in [-0.05, 0) is 44.2 Å². The summed E-state index contributed by atoms with van der Waals surface area (Å²) in [4.78, 5) is 12.2. The smallest absolute Gasteiger partial charge is 0.238 e. The highest BCUT2D eigenvalue weighted by Crippen LogP contribution is 2.24. The van der Waals surface area contributed by atoms with Crippen LogP contribution in [-0.2, 0) is 21.4 Å². The van der Waals surface area contributed by atoms with Gasteiger partial charge in [0.2, 0.25) is 15.9 Å². The van der Waals surface area contributed by atoms with Crippen LogP contribution in [0.3, 0.4) is 0 Å². The molecule has 0 fully saturated rings. The van der Waals surface area contributed by atoms with E-state index in [9.17, 15) is 13.2 Å². The standard InChI is InChI=1S/C19H21N5O3S2/c1-3-24-18(14-6-4-5-13(2)11-14)22-23-19(24)28-12-17(25)21-15-7-9-16(10-8-15)29(20,26)27/h4-11H,3,12H2,1-2H3,(H,21,25)(H2,20,26,27). The average molecular weight is 432 g/mol. The van der Waals surface area contributed by atoms with Crippen molar-refractivity contribution in [3.05, 3.63) is 54.1 Å². The molecule has 3 rings (SSSR count). The van der Waals surface area contributed by atoms with E-state index < -0.39 is 10.0 Å². The van der Waals surface area contributed by atoms with Crippen LogP contribution in [0, 0.1) is 6.92 Å². The van der Waals surface area contributed by atoms with Gasteiger partial charge in [-0.2, -0.15) is 0 Å². The third kappa shape index (κ3) is 5.22. The summed E-state index contributed by atoms with van der Waals surface area (Å²) in [5.41, 5.74) is 2.60.